The summed E-state index contributed by atoms with van der Waals surface area (Å²) in [5, 5.41) is 0. The second kappa shape index (κ2) is 9.96. The van der Waals surface area contributed by atoms with Crippen LogP contribution in [-0.4, -0.2) is 35.9 Å². The summed E-state index contributed by atoms with van der Waals surface area (Å²) in [5.41, 5.74) is -0.00133. The van der Waals surface area contributed by atoms with Crippen LogP contribution in [0.1, 0.15) is 22.4 Å². The quantitative estimate of drug-likeness (QED) is 0.388. The minimum absolute atomic E-state index is 0.0768. The van der Waals surface area contributed by atoms with Gasteiger partial charge in [0.2, 0.25) is 0 Å². The number of ether oxygens (including phenoxy) is 2. The van der Waals surface area contributed by atoms with Crippen molar-refractivity contribution in [2.45, 2.75) is 12.7 Å². The third kappa shape index (κ3) is 5.08. The second-order valence-corrected chi connectivity index (χ2v) is 7.69. The van der Waals surface area contributed by atoms with Gasteiger partial charge in [-0.05, 0) is 42.0 Å². The van der Waals surface area contributed by atoms with Crippen LogP contribution >= 0.6 is 0 Å². The van der Waals surface area contributed by atoms with Crippen molar-refractivity contribution in [3.05, 3.63) is 94.8 Å². The van der Waals surface area contributed by atoms with Gasteiger partial charge in [-0.15, -0.1) is 0 Å². The van der Waals surface area contributed by atoms with Crippen molar-refractivity contribution >= 4 is 17.4 Å². The van der Waals surface area contributed by atoms with E-state index in [2.05, 4.69) is 16.8 Å². The first-order valence-electron chi connectivity index (χ1n) is 10.6. The Kier molecular flexibility index (Phi) is 6.79. The van der Waals surface area contributed by atoms with Crippen molar-refractivity contribution in [1.29, 1.82) is 0 Å². The summed E-state index contributed by atoms with van der Waals surface area (Å²) < 4.78 is 49.6. The minimum atomic E-state index is -4.54. The summed E-state index contributed by atoms with van der Waals surface area (Å²) in [6.07, 6.45) is -3.01. The Morgan fingerprint density at radius 2 is 1.56 bits per heavy atom. The minimum Gasteiger partial charge on any atom is -0.497 e. The van der Waals surface area contributed by atoms with Crippen molar-refractivity contribution in [1.82, 2.24) is 9.88 Å². The summed E-state index contributed by atoms with van der Waals surface area (Å²) in [4.78, 5) is 31.7. The Morgan fingerprint density at radius 1 is 0.889 bits per heavy atom. The molecule has 0 N–H and O–H groups in total. The van der Waals surface area contributed by atoms with Crippen LogP contribution in [0.2, 0.25) is 0 Å². The van der Waals surface area contributed by atoms with Gasteiger partial charge in [-0.1, -0.05) is 30.0 Å². The maximum Gasteiger partial charge on any atom is 0.416 e. The van der Waals surface area contributed by atoms with Crippen LogP contribution < -0.4 is 9.47 Å². The monoisotopic (exact) mass is 492 g/mol. The maximum atomic E-state index is 13.3. The lowest BCUT2D eigenvalue weighted by Gasteiger charge is -2.14. The summed E-state index contributed by atoms with van der Waals surface area (Å²) in [6, 6.07) is 14.0. The fourth-order valence-corrected chi connectivity index (χ4v) is 3.60. The molecular weight excluding hydrogens is 473 g/mol. The van der Waals surface area contributed by atoms with E-state index in [9.17, 15) is 22.8 Å². The zero-order valence-corrected chi connectivity index (χ0v) is 19.2. The number of pyridine rings is 1. The summed E-state index contributed by atoms with van der Waals surface area (Å²) in [6.45, 7) is -0.110. The normalized spacial score (nSPS) is 13.5. The highest BCUT2D eigenvalue weighted by atomic mass is 19.4. The fraction of sp³-hybridized carbons (Fsp3) is 0.148. The number of carbonyl (C=O) groups is 2. The van der Waals surface area contributed by atoms with Crippen LogP contribution in [-0.2, 0) is 22.3 Å². The molecule has 182 valence electrons. The number of hydrogen-bond donors (Lipinski definition) is 0. The third-order valence-electron chi connectivity index (χ3n) is 5.40. The van der Waals surface area contributed by atoms with Crippen molar-refractivity contribution in [3.63, 3.8) is 0 Å². The molecule has 1 aromatic heterocycles. The van der Waals surface area contributed by atoms with Crippen molar-refractivity contribution in [2.75, 3.05) is 14.2 Å². The lowest BCUT2D eigenvalue weighted by atomic mass is 10.00. The highest BCUT2D eigenvalue weighted by molar-refractivity contribution is 6.37. The molecule has 0 saturated carbocycles. The fourth-order valence-electron chi connectivity index (χ4n) is 3.60. The number of imide groups is 1. The lowest BCUT2D eigenvalue weighted by molar-refractivity contribution is -0.138. The Morgan fingerprint density at radius 3 is 2.11 bits per heavy atom. The van der Waals surface area contributed by atoms with E-state index in [1.165, 1.54) is 20.4 Å². The third-order valence-corrected chi connectivity index (χ3v) is 5.40. The predicted octanol–water partition coefficient (Wildman–Crippen LogP) is 4.49. The number of amides is 2. The van der Waals surface area contributed by atoms with Gasteiger partial charge in [0.15, 0.2) is 0 Å². The Bertz CT molecular complexity index is 1380. The van der Waals surface area contributed by atoms with E-state index in [1.54, 1.807) is 36.4 Å². The molecule has 0 saturated heterocycles. The van der Waals surface area contributed by atoms with E-state index in [0.29, 0.717) is 22.8 Å². The number of rotatable bonds is 5. The largest absolute Gasteiger partial charge is 0.497 e. The number of benzene rings is 2. The van der Waals surface area contributed by atoms with Gasteiger partial charge in [0, 0.05) is 17.8 Å². The molecule has 9 heteroatoms. The number of methoxy groups -OCH3 is 2. The van der Waals surface area contributed by atoms with Gasteiger partial charge in [-0.25, -0.2) is 0 Å². The van der Waals surface area contributed by atoms with E-state index in [4.69, 9.17) is 9.47 Å². The van der Waals surface area contributed by atoms with E-state index in [-0.39, 0.29) is 23.3 Å². The van der Waals surface area contributed by atoms with E-state index < -0.39 is 23.6 Å². The topological polar surface area (TPSA) is 68.7 Å². The predicted molar refractivity (Wildman–Crippen MR) is 125 cm³/mol. The highest BCUT2D eigenvalue weighted by Gasteiger charge is 2.39. The zero-order valence-electron chi connectivity index (χ0n) is 19.2. The lowest BCUT2D eigenvalue weighted by Crippen LogP contribution is -2.31. The van der Waals surface area contributed by atoms with Crippen molar-refractivity contribution < 1.29 is 32.2 Å². The van der Waals surface area contributed by atoms with Gasteiger partial charge in [-0.2, -0.15) is 13.2 Å². The number of nitrogens with zero attached hydrogens (tertiary/aromatic N) is 2. The van der Waals surface area contributed by atoms with Crippen LogP contribution in [0.3, 0.4) is 0 Å². The van der Waals surface area contributed by atoms with Crippen molar-refractivity contribution in [3.8, 4) is 23.3 Å². The van der Waals surface area contributed by atoms with Gasteiger partial charge in [0.05, 0.1) is 37.6 Å². The molecule has 1 aliphatic heterocycles. The van der Waals surface area contributed by atoms with Gasteiger partial charge < -0.3 is 9.47 Å². The first-order valence-corrected chi connectivity index (χ1v) is 10.6. The molecule has 1 aliphatic rings. The average molecular weight is 492 g/mol. The SMILES string of the molecule is COc1cc(C#CC2=C(c3ccc(C(F)(F)F)cc3)C(=O)N(Cc3ccccn3)C2=O)cc(OC)c1. The van der Waals surface area contributed by atoms with E-state index in [0.717, 1.165) is 29.2 Å². The van der Waals surface area contributed by atoms with Crippen LogP contribution in [0.25, 0.3) is 5.57 Å². The first kappa shape index (κ1) is 24.5. The molecule has 6 nitrogen and oxygen atoms in total. The molecule has 4 rings (SSSR count). The van der Waals surface area contributed by atoms with Gasteiger partial charge >= 0.3 is 6.18 Å². The molecule has 2 heterocycles. The van der Waals surface area contributed by atoms with Crippen LogP contribution in [0.4, 0.5) is 13.2 Å². The van der Waals surface area contributed by atoms with Crippen molar-refractivity contribution in [2.24, 2.45) is 0 Å². The van der Waals surface area contributed by atoms with E-state index >= 15 is 0 Å². The highest BCUT2D eigenvalue weighted by Crippen LogP contribution is 2.34. The average Bonchev–Trinajstić information content (AvgIpc) is 3.11. The second-order valence-electron chi connectivity index (χ2n) is 7.69. The summed E-state index contributed by atoms with van der Waals surface area (Å²) >= 11 is 0. The standard InChI is InChI=1S/C27H19F3N2O4/c1-35-21-13-17(14-22(15-21)36-2)6-11-23-24(18-7-9-19(10-8-18)27(28,29)30)26(34)32(25(23)33)16-20-5-3-4-12-31-20/h3-5,7-10,12-15H,16H2,1-2H3. The van der Waals surface area contributed by atoms with Crippen LogP contribution in [0, 0.1) is 11.8 Å². The summed E-state index contributed by atoms with van der Waals surface area (Å²) in [5.74, 6) is 5.21. The number of halogens is 3. The molecule has 0 radical (unpaired) electrons. The van der Waals surface area contributed by atoms with Gasteiger partial charge in [0.25, 0.3) is 11.8 Å². The Labute approximate surface area is 205 Å². The Balaban J connectivity index is 1.79. The van der Waals surface area contributed by atoms with Crippen LogP contribution in [0.5, 0.6) is 11.5 Å². The molecular formula is C27H19F3N2O4. The van der Waals surface area contributed by atoms with Crippen LogP contribution in [0.15, 0.2) is 72.4 Å². The first-order chi connectivity index (χ1) is 17.2. The Hall–Kier alpha value is -4.58. The molecule has 0 unspecified atom stereocenters. The molecule has 0 atom stereocenters. The molecule has 0 bridgehead atoms. The number of carbonyl (C=O) groups excluding carboxylic acids is 2. The number of alkyl halides is 3. The smallest absolute Gasteiger partial charge is 0.416 e. The number of aromatic nitrogens is 1. The maximum absolute atomic E-state index is 13.3. The van der Waals surface area contributed by atoms with Gasteiger partial charge in [-0.3, -0.25) is 19.5 Å². The number of hydrogen-bond acceptors (Lipinski definition) is 5. The zero-order chi connectivity index (χ0) is 25.9. The molecule has 0 spiro atoms. The van der Waals surface area contributed by atoms with Gasteiger partial charge in [0.1, 0.15) is 17.1 Å². The van der Waals surface area contributed by atoms with E-state index in [1.807, 2.05) is 0 Å². The molecule has 36 heavy (non-hydrogen) atoms. The molecule has 3 aromatic rings. The molecule has 0 aliphatic carbocycles. The summed E-state index contributed by atoms with van der Waals surface area (Å²) in [7, 11) is 2.96. The molecule has 2 aromatic carbocycles. The molecule has 0 fully saturated rings. The molecule has 2 amide bonds.